The zero-order valence-corrected chi connectivity index (χ0v) is 16.7. The monoisotopic (exact) mass is 442 g/mol. The van der Waals surface area contributed by atoms with Crippen molar-refractivity contribution in [3.05, 3.63) is 64.7 Å². The molecule has 2 heterocycles. The van der Waals surface area contributed by atoms with Crippen LogP contribution in [0, 0.1) is 0 Å². The summed E-state index contributed by atoms with van der Waals surface area (Å²) in [6.07, 6.45) is 0.588. The molecule has 0 radical (unpaired) electrons. The SMILES string of the molecule is O=C1CC[C@H](N2Cc3c(OCc4ccc(CBr)cc4)cccc3C2=O)C(=O)N1. The van der Waals surface area contributed by atoms with Gasteiger partial charge in [-0.3, -0.25) is 19.7 Å². The number of amides is 3. The third kappa shape index (κ3) is 3.54. The summed E-state index contributed by atoms with van der Waals surface area (Å²) < 4.78 is 5.99. The molecule has 144 valence electrons. The maximum absolute atomic E-state index is 12.8. The lowest BCUT2D eigenvalue weighted by Gasteiger charge is -2.29. The van der Waals surface area contributed by atoms with Gasteiger partial charge >= 0.3 is 0 Å². The molecule has 1 N–H and O–H groups in total. The number of halogens is 1. The van der Waals surface area contributed by atoms with Gasteiger partial charge in [-0.05, 0) is 29.7 Å². The van der Waals surface area contributed by atoms with Gasteiger partial charge in [-0.25, -0.2) is 0 Å². The van der Waals surface area contributed by atoms with Gasteiger partial charge in [0.1, 0.15) is 18.4 Å². The number of benzene rings is 2. The molecule has 4 rings (SSSR count). The molecular weight excluding hydrogens is 424 g/mol. The summed E-state index contributed by atoms with van der Waals surface area (Å²) >= 11 is 3.43. The second kappa shape index (κ2) is 7.75. The molecule has 6 nitrogen and oxygen atoms in total. The Kier molecular flexibility index (Phi) is 5.17. The van der Waals surface area contributed by atoms with Gasteiger partial charge < -0.3 is 9.64 Å². The predicted molar refractivity (Wildman–Crippen MR) is 106 cm³/mol. The van der Waals surface area contributed by atoms with Gasteiger partial charge in [0.2, 0.25) is 11.8 Å². The minimum atomic E-state index is -0.623. The highest BCUT2D eigenvalue weighted by molar-refractivity contribution is 9.08. The summed E-state index contributed by atoms with van der Waals surface area (Å²) in [5.74, 6) is -0.256. The molecule has 3 amide bonds. The summed E-state index contributed by atoms with van der Waals surface area (Å²) in [5.41, 5.74) is 3.56. The Morgan fingerprint density at radius 2 is 1.82 bits per heavy atom. The molecule has 2 aliphatic heterocycles. The van der Waals surface area contributed by atoms with Gasteiger partial charge in [-0.15, -0.1) is 0 Å². The zero-order valence-electron chi connectivity index (χ0n) is 15.1. The Morgan fingerprint density at radius 3 is 2.54 bits per heavy atom. The first-order chi connectivity index (χ1) is 13.6. The van der Waals surface area contributed by atoms with Gasteiger partial charge in [0, 0.05) is 22.9 Å². The maximum atomic E-state index is 12.8. The third-order valence-corrected chi connectivity index (χ3v) is 5.76. The van der Waals surface area contributed by atoms with Crippen molar-refractivity contribution in [1.82, 2.24) is 10.2 Å². The van der Waals surface area contributed by atoms with Gasteiger partial charge in [0.25, 0.3) is 5.91 Å². The molecule has 0 aromatic heterocycles. The van der Waals surface area contributed by atoms with E-state index in [2.05, 4.69) is 21.2 Å². The van der Waals surface area contributed by atoms with Crippen LogP contribution in [0.3, 0.4) is 0 Å². The molecule has 2 aromatic carbocycles. The van der Waals surface area contributed by atoms with Crippen LogP contribution in [0.4, 0.5) is 0 Å². The fraction of sp³-hybridized carbons (Fsp3) is 0.286. The average Bonchev–Trinajstić information content (AvgIpc) is 3.04. The van der Waals surface area contributed by atoms with E-state index >= 15 is 0 Å². The number of nitrogens with zero attached hydrogens (tertiary/aromatic N) is 1. The average molecular weight is 443 g/mol. The Labute approximate surface area is 171 Å². The van der Waals surface area contributed by atoms with Crippen LogP contribution >= 0.6 is 15.9 Å². The molecule has 0 aliphatic carbocycles. The fourth-order valence-corrected chi connectivity index (χ4v) is 3.95. The van der Waals surface area contributed by atoms with E-state index in [-0.39, 0.29) is 18.2 Å². The lowest BCUT2D eigenvalue weighted by Crippen LogP contribution is -2.52. The second-order valence-corrected chi connectivity index (χ2v) is 7.48. The van der Waals surface area contributed by atoms with Crippen LogP contribution in [-0.2, 0) is 28.1 Å². The molecule has 2 aromatic rings. The van der Waals surface area contributed by atoms with E-state index < -0.39 is 11.9 Å². The van der Waals surface area contributed by atoms with Crippen molar-refractivity contribution < 1.29 is 19.1 Å². The summed E-state index contributed by atoms with van der Waals surface area (Å²) in [6.45, 7) is 0.699. The van der Waals surface area contributed by atoms with E-state index in [9.17, 15) is 14.4 Å². The highest BCUT2D eigenvalue weighted by Crippen LogP contribution is 2.33. The highest BCUT2D eigenvalue weighted by atomic mass is 79.9. The van der Waals surface area contributed by atoms with Crippen LogP contribution in [0.2, 0.25) is 0 Å². The molecule has 1 atom stereocenters. The number of rotatable bonds is 5. The van der Waals surface area contributed by atoms with Crippen molar-refractivity contribution >= 4 is 33.7 Å². The number of hydrogen-bond acceptors (Lipinski definition) is 4. The molecule has 1 saturated heterocycles. The van der Waals surface area contributed by atoms with Gasteiger partial charge in [-0.2, -0.15) is 0 Å². The minimum absolute atomic E-state index is 0.198. The number of carbonyl (C=O) groups is 3. The molecule has 28 heavy (non-hydrogen) atoms. The molecule has 0 unspecified atom stereocenters. The molecular formula is C21H19BrN2O4. The number of alkyl halides is 1. The van der Waals surface area contributed by atoms with E-state index in [4.69, 9.17) is 4.74 Å². The van der Waals surface area contributed by atoms with E-state index in [1.807, 2.05) is 30.3 Å². The standard InChI is InChI=1S/C21H19BrN2O4/c22-10-13-4-6-14(7-5-13)12-28-18-3-1-2-15-16(18)11-24(21(15)27)17-8-9-19(25)23-20(17)26/h1-7,17H,8-12H2,(H,23,25,26)/t17-/m0/s1. The minimum Gasteiger partial charge on any atom is -0.489 e. The van der Waals surface area contributed by atoms with Crippen LogP contribution in [0.1, 0.15) is 39.9 Å². The lowest BCUT2D eigenvalue weighted by molar-refractivity contribution is -0.136. The fourth-order valence-electron chi connectivity index (χ4n) is 3.58. The van der Waals surface area contributed by atoms with Gasteiger partial charge in [0.05, 0.1) is 6.54 Å². The van der Waals surface area contributed by atoms with E-state index in [1.165, 1.54) is 10.5 Å². The Hall–Kier alpha value is -2.67. The topological polar surface area (TPSA) is 75.7 Å². The van der Waals surface area contributed by atoms with E-state index in [0.29, 0.717) is 30.9 Å². The predicted octanol–water partition coefficient (Wildman–Crippen LogP) is 2.92. The normalized spacial score (nSPS) is 18.8. The number of ether oxygens (including phenoxy) is 1. The molecule has 0 saturated carbocycles. The highest BCUT2D eigenvalue weighted by Gasteiger charge is 2.40. The lowest BCUT2D eigenvalue weighted by atomic mass is 10.0. The van der Waals surface area contributed by atoms with E-state index in [0.717, 1.165) is 16.5 Å². The first-order valence-electron chi connectivity index (χ1n) is 9.10. The largest absolute Gasteiger partial charge is 0.489 e. The van der Waals surface area contributed by atoms with Crippen molar-refractivity contribution in [2.24, 2.45) is 0 Å². The van der Waals surface area contributed by atoms with Crippen LogP contribution < -0.4 is 10.1 Å². The Balaban J connectivity index is 1.50. The van der Waals surface area contributed by atoms with Crippen molar-refractivity contribution in [1.29, 1.82) is 0 Å². The number of piperidine rings is 1. The van der Waals surface area contributed by atoms with Crippen molar-refractivity contribution in [2.45, 2.75) is 37.4 Å². The summed E-state index contributed by atoms with van der Waals surface area (Å²) in [5, 5.41) is 3.12. The van der Waals surface area contributed by atoms with Gasteiger partial charge in [-0.1, -0.05) is 46.3 Å². The Morgan fingerprint density at radius 1 is 1.07 bits per heavy atom. The van der Waals surface area contributed by atoms with Crippen molar-refractivity contribution in [3.8, 4) is 5.75 Å². The van der Waals surface area contributed by atoms with Crippen LogP contribution in [-0.4, -0.2) is 28.7 Å². The first kappa shape index (κ1) is 18.7. The van der Waals surface area contributed by atoms with Crippen LogP contribution in [0.5, 0.6) is 5.75 Å². The number of fused-ring (bicyclic) bond motifs is 1. The number of nitrogens with one attached hydrogen (secondary N) is 1. The van der Waals surface area contributed by atoms with Crippen LogP contribution in [0.15, 0.2) is 42.5 Å². The maximum Gasteiger partial charge on any atom is 0.255 e. The Bertz CT molecular complexity index is 942. The molecule has 0 bridgehead atoms. The molecule has 2 aliphatic rings. The smallest absolute Gasteiger partial charge is 0.255 e. The van der Waals surface area contributed by atoms with Crippen molar-refractivity contribution in [3.63, 3.8) is 0 Å². The first-order valence-corrected chi connectivity index (χ1v) is 10.2. The zero-order chi connectivity index (χ0) is 19.7. The van der Waals surface area contributed by atoms with E-state index in [1.54, 1.807) is 12.1 Å². The molecule has 0 spiro atoms. The summed E-state index contributed by atoms with van der Waals surface area (Å²) in [6, 6.07) is 12.9. The molecule has 7 heteroatoms. The number of imide groups is 1. The van der Waals surface area contributed by atoms with Gasteiger partial charge in [0.15, 0.2) is 0 Å². The quantitative estimate of drug-likeness (QED) is 0.570. The molecule has 1 fully saturated rings. The van der Waals surface area contributed by atoms with Crippen molar-refractivity contribution in [2.75, 3.05) is 0 Å². The number of hydrogen-bond donors (Lipinski definition) is 1. The third-order valence-electron chi connectivity index (χ3n) is 5.11. The second-order valence-electron chi connectivity index (χ2n) is 6.92. The summed E-state index contributed by atoms with van der Waals surface area (Å²) in [7, 11) is 0. The summed E-state index contributed by atoms with van der Waals surface area (Å²) in [4.78, 5) is 37.9. The number of carbonyl (C=O) groups excluding carboxylic acids is 3. The van der Waals surface area contributed by atoms with Crippen LogP contribution in [0.25, 0.3) is 0 Å².